The Bertz CT molecular complexity index is 791. The molecular weight excluding hydrogens is 308 g/mol. The van der Waals surface area contributed by atoms with Crippen molar-refractivity contribution in [3.8, 4) is 11.1 Å². The molecule has 1 unspecified atom stereocenters. The summed E-state index contributed by atoms with van der Waals surface area (Å²) in [4.78, 5) is 0. The fourth-order valence-electron chi connectivity index (χ4n) is 3.75. The van der Waals surface area contributed by atoms with E-state index in [1.807, 2.05) is 18.2 Å². The minimum Gasteiger partial charge on any atom is -0.307 e. The van der Waals surface area contributed by atoms with Gasteiger partial charge in [-0.15, -0.1) is 0 Å². The third-order valence-corrected chi connectivity index (χ3v) is 6.20. The van der Waals surface area contributed by atoms with Gasteiger partial charge in [0, 0.05) is 31.1 Å². The molecule has 3 heterocycles. The molecule has 120 valence electrons. The number of benzene rings is 2. The quantitative estimate of drug-likeness (QED) is 0.938. The van der Waals surface area contributed by atoms with Crippen molar-refractivity contribution in [1.82, 2.24) is 9.62 Å². The summed E-state index contributed by atoms with van der Waals surface area (Å²) in [6, 6.07) is 19.5. The fraction of sp³-hybridized carbons (Fsp3) is 0.333. The molecule has 0 amide bonds. The maximum absolute atomic E-state index is 11.7. The number of rotatable bonds is 3. The zero-order valence-electron chi connectivity index (χ0n) is 13.0. The van der Waals surface area contributed by atoms with Gasteiger partial charge in [0.1, 0.15) is 0 Å². The van der Waals surface area contributed by atoms with E-state index in [1.165, 1.54) is 22.9 Å². The maximum atomic E-state index is 11.7. The van der Waals surface area contributed by atoms with E-state index in [0.717, 1.165) is 0 Å². The first-order chi connectivity index (χ1) is 11.0. The van der Waals surface area contributed by atoms with Gasteiger partial charge in [0.2, 0.25) is 10.0 Å². The van der Waals surface area contributed by atoms with Crippen LogP contribution in [0.4, 0.5) is 0 Å². The highest BCUT2D eigenvalue weighted by atomic mass is 32.2. The molecule has 3 aliphatic heterocycles. The van der Waals surface area contributed by atoms with Crippen LogP contribution in [0.5, 0.6) is 0 Å². The predicted octanol–water partition coefficient (Wildman–Crippen LogP) is 2.05. The Labute approximate surface area is 137 Å². The first-order valence-electron chi connectivity index (χ1n) is 7.89. The first kappa shape index (κ1) is 14.9. The van der Waals surface area contributed by atoms with Crippen molar-refractivity contribution in [2.75, 3.05) is 19.3 Å². The molecule has 0 radical (unpaired) electrons. The first-order valence-corrected chi connectivity index (χ1v) is 9.74. The van der Waals surface area contributed by atoms with E-state index in [4.69, 9.17) is 0 Å². The highest BCUT2D eigenvalue weighted by Gasteiger charge is 2.48. The van der Waals surface area contributed by atoms with Gasteiger partial charge in [-0.1, -0.05) is 54.6 Å². The molecule has 23 heavy (non-hydrogen) atoms. The number of fused-ring (bicyclic) bond motifs is 2. The normalized spacial score (nSPS) is 27.4. The molecule has 0 saturated carbocycles. The summed E-state index contributed by atoms with van der Waals surface area (Å²) in [5.41, 5.74) is 3.73. The minimum atomic E-state index is -3.08. The van der Waals surface area contributed by atoms with Crippen LogP contribution in [0.1, 0.15) is 11.5 Å². The Morgan fingerprint density at radius 3 is 2.04 bits per heavy atom. The summed E-state index contributed by atoms with van der Waals surface area (Å²) in [5.74, 6) is 0.415. The van der Waals surface area contributed by atoms with Crippen molar-refractivity contribution in [2.24, 2.45) is 0 Å². The molecule has 2 aromatic carbocycles. The molecule has 5 rings (SSSR count). The molecule has 5 heteroatoms. The van der Waals surface area contributed by atoms with E-state index in [0.29, 0.717) is 19.0 Å². The second-order valence-electron chi connectivity index (χ2n) is 6.47. The van der Waals surface area contributed by atoms with Gasteiger partial charge in [-0.25, -0.2) is 8.42 Å². The fourth-order valence-corrected chi connectivity index (χ4v) is 4.62. The molecule has 0 spiro atoms. The summed E-state index contributed by atoms with van der Waals surface area (Å²) in [6.07, 6.45) is 1.29. The minimum absolute atomic E-state index is 0.228. The number of piperidine rings is 1. The zero-order chi connectivity index (χ0) is 16.0. The molecule has 0 aliphatic carbocycles. The summed E-state index contributed by atoms with van der Waals surface area (Å²) in [5, 5.41) is 3.47. The number of piperazine rings is 1. The molecule has 3 saturated heterocycles. The molecule has 2 bridgehead atoms. The summed E-state index contributed by atoms with van der Waals surface area (Å²) >= 11 is 0. The second kappa shape index (κ2) is 5.44. The van der Waals surface area contributed by atoms with Crippen molar-refractivity contribution in [2.45, 2.75) is 18.0 Å². The van der Waals surface area contributed by atoms with Gasteiger partial charge >= 0.3 is 0 Å². The Kier molecular flexibility index (Phi) is 3.52. The summed E-state index contributed by atoms with van der Waals surface area (Å²) < 4.78 is 25.0. The monoisotopic (exact) mass is 328 g/mol. The zero-order valence-corrected chi connectivity index (χ0v) is 13.8. The average molecular weight is 328 g/mol. The Hall–Kier alpha value is -1.69. The van der Waals surface area contributed by atoms with Crippen molar-refractivity contribution in [3.05, 3.63) is 60.2 Å². The van der Waals surface area contributed by atoms with Gasteiger partial charge in [-0.3, -0.25) is 0 Å². The standard InChI is InChI=1S/C18H20N2O2S/c1-23(21,22)20-11-16-18(17(12-20)19-16)15-9-7-14(8-10-15)13-5-3-2-4-6-13/h2-10,16-19H,11-12H2,1H3/t16-,17+,18?. The molecule has 3 atom stereocenters. The van der Waals surface area contributed by atoms with E-state index >= 15 is 0 Å². The highest BCUT2D eigenvalue weighted by Crippen LogP contribution is 2.38. The van der Waals surface area contributed by atoms with Crippen molar-refractivity contribution >= 4 is 10.0 Å². The summed E-state index contributed by atoms with van der Waals surface area (Å²) in [7, 11) is -3.08. The van der Waals surface area contributed by atoms with Crippen LogP contribution in [0.2, 0.25) is 0 Å². The van der Waals surface area contributed by atoms with Crippen LogP contribution in [-0.4, -0.2) is 44.2 Å². The van der Waals surface area contributed by atoms with Gasteiger partial charge in [0.05, 0.1) is 6.26 Å². The van der Waals surface area contributed by atoms with E-state index in [1.54, 1.807) is 4.31 Å². The van der Waals surface area contributed by atoms with Crippen LogP contribution in [0, 0.1) is 0 Å². The van der Waals surface area contributed by atoms with E-state index in [-0.39, 0.29) is 12.1 Å². The third-order valence-electron chi connectivity index (χ3n) is 4.97. The Morgan fingerprint density at radius 1 is 0.913 bits per heavy atom. The number of nitrogens with one attached hydrogen (secondary N) is 1. The second-order valence-corrected chi connectivity index (χ2v) is 8.46. The summed E-state index contributed by atoms with van der Waals surface area (Å²) in [6.45, 7) is 1.14. The SMILES string of the molecule is CS(=O)(=O)N1C[C@@H]2N[C@H](C1)C2c1ccc(-c2ccccc2)cc1. The van der Waals surface area contributed by atoms with Gasteiger partial charge in [0.25, 0.3) is 0 Å². The van der Waals surface area contributed by atoms with Crippen LogP contribution in [0.25, 0.3) is 11.1 Å². The lowest BCUT2D eigenvalue weighted by molar-refractivity contribution is 0.102. The van der Waals surface area contributed by atoms with Crippen LogP contribution < -0.4 is 5.32 Å². The number of hydrogen-bond acceptors (Lipinski definition) is 3. The molecule has 0 aromatic heterocycles. The Balaban J connectivity index is 1.53. The average Bonchev–Trinajstić information content (AvgIpc) is 2.56. The van der Waals surface area contributed by atoms with Gasteiger partial charge < -0.3 is 5.32 Å². The van der Waals surface area contributed by atoms with Gasteiger partial charge in [-0.05, 0) is 16.7 Å². The van der Waals surface area contributed by atoms with Crippen molar-refractivity contribution in [1.29, 1.82) is 0 Å². The van der Waals surface area contributed by atoms with Gasteiger partial charge in [-0.2, -0.15) is 4.31 Å². The highest BCUT2D eigenvalue weighted by molar-refractivity contribution is 7.88. The lowest BCUT2D eigenvalue weighted by atomic mass is 9.75. The molecule has 4 nitrogen and oxygen atoms in total. The third kappa shape index (κ3) is 2.69. The number of nitrogens with zero attached hydrogens (tertiary/aromatic N) is 1. The maximum Gasteiger partial charge on any atom is 0.211 e. The van der Waals surface area contributed by atoms with Crippen LogP contribution in [0.3, 0.4) is 0 Å². The molecule has 3 aliphatic rings. The number of hydrogen-bond donors (Lipinski definition) is 1. The topological polar surface area (TPSA) is 49.4 Å². The van der Waals surface area contributed by atoms with Crippen LogP contribution >= 0.6 is 0 Å². The molecule has 2 aromatic rings. The van der Waals surface area contributed by atoms with E-state index in [2.05, 4.69) is 41.7 Å². The van der Waals surface area contributed by atoms with Crippen LogP contribution in [-0.2, 0) is 10.0 Å². The van der Waals surface area contributed by atoms with Gasteiger partial charge in [0.15, 0.2) is 0 Å². The lowest BCUT2D eigenvalue weighted by Gasteiger charge is -2.54. The van der Waals surface area contributed by atoms with E-state index in [9.17, 15) is 8.42 Å². The number of sulfonamides is 1. The van der Waals surface area contributed by atoms with E-state index < -0.39 is 10.0 Å². The molecule has 1 N–H and O–H groups in total. The molecular formula is C18H20N2O2S. The Morgan fingerprint density at radius 2 is 1.48 bits per heavy atom. The van der Waals surface area contributed by atoms with Crippen molar-refractivity contribution < 1.29 is 8.42 Å². The van der Waals surface area contributed by atoms with Crippen LogP contribution in [0.15, 0.2) is 54.6 Å². The largest absolute Gasteiger partial charge is 0.307 e. The van der Waals surface area contributed by atoms with Crippen molar-refractivity contribution in [3.63, 3.8) is 0 Å². The molecule has 3 fully saturated rings. The predicted molar refractivity (Wildman–Crippen MR) is 91.7 cm³/mol. The smallest absolute Gasteiger partial charge is 0.211 e. The lowest BCUT2D eigenvalue weighted by Crippen LogP contribution is -2.72.